The maximum absolute atomic E-state index is 5.20. The standard InChI is InChI=1S/C15H21N5O/c1-3-6-16-13-8-14(19-15(18-13)11-4-5-11)17-9-12-7-10(2)20-21-12/h7-8,11H,3-6,9H2,1-2H3,(H2,16,17,18,19). The monoisotopic (exact) mass is 287 g/mol. The fraction of sp³-hybridized carbons (Fsp3) is 0.533. The Hall–Kier alpha value is -2.11. The van der Waals surface area contributed by atoms with Gasteiger partial charge >= 0.3 is 0 Å². The Morgan fingerprint density at radius 1 is 1.19 bits per heavy atom. The number of aryl methyl sites for hydroxylation is 1. The van der Waals surface area contributed by atoms with Crippen LogP contribution in [0.15, 0.2) is 16.7 Å². The van der Waals surface area contributed by atoms with E-state index in [9.17, 15) is 0 Å². The van der Waals surface area contributed by atoms with E-state index < -0.39 is 0 Å². The number of hydrogen-bond donors (Lipinski definition) is 2. The third kappa shape index (κ3) is 3.71. The molecule has 2 heterocycles. The Kier molecular flexibility index (Phi) is 4.03. The molecule has 0 atom stereocenters. The van der Waals surface area contributed by atoms with Crippen molar-refractivity contribution in [2.75, 3.05) is 17.2 Å². The average molecular weight is 287 g/mol. The van der Waals surface area contributed by atoms with Crippen LogP contribution in [0.25, 0.3) is 0 Å². The van der Waals surface area contributed by atoms with Crippen LogP contribution >= 0.6 is 0 Å². The van der Waals surface area contributed by atoms with Crippen LogP contribution in [0.5, 0.6) is 0 Å². The second-order valence-corrected chi connectivity index (χ2v) is 5.49. The van der Waals surface area contributed by atoms with E-state index in [4.69, 9.17) is 4.52 Å². The van der Waals surface area contributed by atoms with Gasteiger partial charge in [0, 0.05) is 24.6 Å². The maximum atomic E-state index is 5.20. The van der Waals surface area contributed by atoms with Gasteiger partial charge in [-0.15, -0.1) is 0 Å². The van der Waals surface area contributed by atoms with Crippen LogP contribution in [0.1, 0.15) is 49.4 Å². The van der Waals surface area contributed by atoms with Crippen LogP contribution < -0.4 is 10.6 Å². The Morgan fingerprint density at radius 2 is 1.95 bits per heavy atom. The lowest BCUT2D eigenvalue weighted by atomic mass is 10.3. The molecule has 21 heavy (non-hydrogen) atoms. The molecule has 3 rings (SSSR count). The number of anilines is 2. The number of nitrogens with zero attached hydrogens (tertiary/aromatic N) is 3. The highest BCUT2D eigenvalue weighted by Gasteiger charge is 2.27. The zero-order chi connectivity index (χ0) is 14.7. The first kappa shape index (κ1) is 13.9. The number of hydrogen-bond acceptors (Lipinski definition) is 6. The summed E-state index contributed by atoms with van der Waals surface area (Å²) in [5.74, 6) is 4.00. The van der Waals surface area contributed by atoms with Gasteiger partial charge in [0.2, 0.25) is 0 Å². The van der Waals surface area contributed by atoms with Crippen LogP contribution in [0.3, 0.4) is 0 Å². The molecule has 1 fully saturated rings. The molecule has 0 aromatic carbocycles. The van der Waals surface area contributed by atoms with Crippen molar-refractivity contribution < 1.29 is 4.52 Å². The predicted molar refractivity (Wildman–Crippen MR) is 81.4 cm³/mol. The summed E-state index contributed by atoms with van der Waals surface area (Å²) in [6.45, 7) is 5.55. The zero-order valence-electron chi connectivity index (χ0n) is 12.5. The van der Waals surface area contributed by atoms with Gasteiger partial charge < -0.3 is 15.2 Å². The Labute approximate surface area is 124 Å². The van der Waals surface area contributed by atoms with Gasteiger partial charge in [-0.3, -0.25) is 0 Å². The highest BCUT2D eigenvalue weighted by atomic mass is 16.5. The van der Waals surface area contributed by atoms with E-state index >= 15 is 0 Å². The van der Waals surface area contributed by atoms with Crippen molar-refractivity contribution in [3.05, 3.63) is 29.4 Å². The van der Waals surface area contributed by atoms with Crippen molar-refractivity contribution in [2.45, 2.75) is 45.6 Å². The van der Waals surface area contributed by atoms with E-state index in [0.29, 0.717) is 12.5 Å². The van der Waals surface area contributed by atoms with Crippen LogP contribution in [0.2, 0.25) is 0 Å². The normalized spacial score (nSPS) is 14.2. The lowest BCUT2D eigenvalue weighted by Gasteiger charge is -2.10. The minimum absolute atomic E-state index is 0.529. The number of aromatic nitrogens is 3. The summed E-state index contributed by atoms with van der Waals surface area (Å²) in [5.41, 5.74) is 0.887. The summed E-state index contributed by atoms with van der Waals surface area (Å²) in [4.78, 5) is 9.20. The predicted octanol–water partition coefficient (Wildman–Crippen LogP) is 3.08. The van der Waals surface area contributed by atoms with Gasteiger partial charge in [-0.1, -0.05) is 12.1 Å². The third-order valence-corrected chi connectivity index (χ3v) is 3.36. The number of rotatable bonds is 7. The molecule has 6 nitrogen and oxygen atoms in total. The summed E-state index contributed by atoms with van der Waals surface area (Å²) >= 11 is 0. The largest absolute Gasteiger partial charge is 0.370 e. The maximum Gasteiger partial charge on any atom is 0.156 e. The zero-order valence-corrected chi connectivity index (χ0v) is 12.5. The second-order valence-electron chi connectivity index (χ2n) is 5.49. The van der Waals surface area contributed by atoms with E-state index in [-0.39, 0.29) is 0 Å². The van der Waals surface area contributed by atoms with Crippen molar-refractivity contribution >= 4 is 11.6 Å². The lowest BCUT2D eigenvalue weighted by Crippen LogP contribution is -2.08. The highest BCUT2D eigenvalue weighted by molar-refractivity contribution is 5.48. The fourth-order valence-corrected chi connectivity index (χ4v) is 2.10. The molecule has 1 saturated carbocycles. The molecular weight excluding hydrogens is 266 g/mol. The molecule has 0 saturated heterocycles. The van der Waals surface area contributed by atoms with Crippen molar-refractivity contribution in [3.63, 3.8) is 0 Å². The SMILES string of the molecule is CCCNc1cc(NCc2cc(C)no2)nc(C2CC2)n1. The van der Waals surface area contributed by atoms with Gasteiger partial charge in [0.25, 0.3) is 0 Å². The molecule has 112 valence electrons. The molecule has 0 unspecified atom stereocenters. The summed E-state index contributed by atoms with van der Waals surface area (Å²) in [6.07, 6.45) is 3.46. The average Bonchev–Trinajstić information content (AvgIpc) is 3.26. The molecule has 6 heteroatoms. The van der Waals surface area contributed by atoms with Crippen molar-refractivity contribution in [3.8, 4) is 0 Å². The summed E-state index contributed by atoms with van der Waals surface area (Å²) in [6, 6.07) is 3.87. The van der Waals surface area contributed by atoms with Gasteiger partial charge in [0.1, 0.15) is 17.5 Å². The minimum Gasteiger partial charge on any atom is -0.370 e. The third-order valence-electron chi connectivity index (χ3n) is 3.36. The first-order valence-corrected chi connectivity index (χ1v) is 7.53. The molecule has 1 aliphatic rings. The van der Waals surface area contributed by atoms with Gasteiger partial charge in [0.05, 0.1) is 12.2 Å². The quantitative estimate of drug-likeness (QED) is 0.815. The first-order chi connectivity index (χ1) is 10.2. The lowest BCUT2D eigenvalue weighted by molar-refractivity contribution is 0.384. The Bertz CT molecular complexity index is 606. The second kappa shape index (κ2) is 6.11. The van der Waals surface area contributed by atoms with E-state index in [1.807, 2.05) is 19.1 Å². The van der Waals surface area contributed by atoms with E-state index in [1.54, 1.807) is 0 Å². The first-order valence-electron chi connectivity index (χ1n) is 7.53. The van der Waals surface area contributed by atoms with Crippen molar-refractivity contribution in [1.82, 2.24) is 15.1 Å². The van der Waals surface area contributed by atoms with Gasteiger partial charge in [-0.05, 0) is 26.2 Å². The molecule has 0 bridgehead atoms. The van der Waals surface area contributed by atoms with Crippen LogP contribution in [-0.2, 0) is 6.54 Å². The molecule has 0 aliphatic heterocycles. The smallest absolute Gasteiger partial charge is 0.156 e. The molecule has 2 aromatic heterocycles. The topological polar surface area (TPSA) is 75.9 Å². The number of nitrogens with one attached hydrogen (secondary N) is 2. The van der Waals surface area contributed by atoms with Crippen LogP contribution in [0, 0.1) is 6.92 Å². The summed E-state index contributed by atoms with van der Waals surface area (Å²) in [5, 5.41) is 10.5. The molecular formula is C15H21N5O. The van der Waals surface area contributed by atoms with Crippen LogP contribution in [0.4, 0.5) is 11.6 Å². The molecule has 0 radical (unpaired) electrons. The van der Waals surface area contributed by atoms with Gasteiger partial charge in [-0.25, -0.2) is 9.97 Å². The molecule has 2 aromatic rings. The van der Waals surface area contributed by atoms with Crippen molar-refractivity contribution in [2.24, 2.45) is 0 Å². The summed E-state index contributed by atoms with van der Waals surface area (Å²) in [7, 11) is 0. The molecule has 1 aliphatic carbocycles. The highest BCUT2D eigenvalue weighted by Crippen LogP contribution is 2.38. The van der Waals surface area contributed by atoms with E-state index in [1.165, 1.54) is 12.8 Å². The Morgan fingerprint density at radius 3 is 2.57 bits per heavy atom. The molecule has 0 amide bonds. The fourth-order valence-electron chi connectivity index (χ4n) is 2.10. The van der Waals surface area contributed by atoms with Crippen LogP contribution in [-0.4, -0.2) is 21.7 Å². The summed E-state index contributed by atoms with van der Waals surface area (Å²) < 4.78 is 5.20. The van der Waals surface area contributed by atoms with Crippen molar-refractivity contribution in [1.29, 1.82) is 0 Å². The minimum atomic E-state index is 0.529. The molecule has 2 N–H and O–H groups in total. The van der Waals surface area contributed by atoms with Gasteiger partial charge in [-0.2, -0.15) is 0 Å². The van der Waals surface area contributed by atoms with E-state index in [0.717, 1.165) is 41.9 Å². The van der Waals surface area contributed by atoms with Gasteiger partial charge in [0.15, 0.2) is 5.76 Å². The Balaban J connectivity index is 1.71. The van der Waals surface area contributed by atoms with E-state index in [2.05, 4.69) is 32.7 Å². The molecule has 0 spiro atoms.